The summed E-state index contributed by atoms with van der Waals surface area (Å²) in [6, 6.07) is 9.65. The number of hydroxylamine groups is 1. The van der Waals surface area contributed by atoms with Gasteiger partial charge < -0.3 is 4.90 Å². The summed E-state index contributed by atoms with van der Waals surface area (Å²) >= 11 is 0. The van der Waals surface area contributed by atoms with Gasteiger partial charge in [0, 0.05) is 20.0 Å². The topological polar surface area (TPSA) is 58.6 Å². The Bertz CT molecular complexity index is 461. The molecule has 2 rings (SSSR count). The fourth-order valence-corrected chi connectivity index (χ4v) is 2.33. The number of nitrogens with one attached hydrogen (secondary N) is 1. The van der Waals surface area contributed by atoms with Gasteiger partial charge in [-0.2, -0.15) is 0 Å². The number of amides is 2. The molecular weight excluding hydrogens is 256 g/mol. The third-order valence-electron chi connectivity index (χ3n) is 3.49. The van der Waals surface area contributed by atoms with Crippen molar-refractivity contribution < 1.29 is 14.4 Å². The maximum absolute atomic E-state index is 12.0. The molecule has 1 fully saturated rings. The molecule has 1 atom stereocenters. The lowest BCUT2D eigenvalue weighted by molar-refractivity contribution is -0.142. The van der Waals surface area contributed by atoms with Gasteiger partial charge >= 0.3 is 0 Å². The smallest absolute Gasteiger partial charge is 0.248 e. The van der Waals surface area contributed by atoms with E-state index in [-0.39, 0.29) is 17.7 Å². The molecule has 0 aliphatic carbocycles. The van der Waals surface area contributed by atoms with E-state index in [0.717, 1.165) is 24.9 Å². The van der Waals surface area contributed by atoms with Crippen molar-refractivity contribution in [3.8, 4) is 0 Å². The van der Waals surface area contributed by atoms with Gasteiger partial charge in [-0.3, -0.25) is 14.4 Å². The molecule has 1 N–H and O–H groups in total. The van der Waals surface area contributed by atoms with Crippen LogP contribution in [0.5, 0.6) is 0 Å². The zero-order chi connectivity index (χ0) is 14.4. The number of benzene rings is 1. The van der Waals surface area contributed by atoms with E-state index < -0.39 is 0 Å². The molecule has 1 aromatic carbocycles. The van der Waals surface area contributed by atoms with Crippen LogP contribution in [0.2, 0.25) is 0 Å². The minimum atomic E-state index is -0.177. The average molecular weight is 276 g/mol. The molecule has 0 saturated carbocycles. The predicted octanol–water partition coefficient (Wildman–Crippen LogP) is 1.49. The Labute approximate surface area is 118 Å². The van der Waals surface area contributed by atoms with E-state index in [1.165, 1.54) is 6.92 Å². The minimum absolute atomic E-state index is 0.0210. The first-order valence-corrected chi connectivity index (χ1v) is 6.88. The molecule has 0 aromatic heterocycles. The highest BCUT2D eigenvalue weighted by Gasteiger charge is 2.27. The van der Waals surface area contributed by atoms with E-state index in [9.17, 15) is 9.59 Å². The normalized spacial score (nSPS) is 18.6. The molecule has 108 valence electrons. The fourth-order valence-electron chi connectivity index (χ4n) is 2.33. The summed E-state index contributed by atoms with van der Waals surface area (Å²) in [5, 5.41) is 0. The molecule has 5 heteroatoms. The quantitative estimate of drug-likeness (QED) is 0.848. The van der Waals surface area contributed by atoms with Crippen LogP contribution in [-0.2, 0) is 21.0 Å². The van der Waals surface area contributed by atoms with Crippen molar-refractivity contribution in [2.45, 2.75) is 26.4 Å². The van der Waals surface area contributed by atoms with E-state index in [1.807, 2.05) is 30.3 Å². The van der Waals surface area contributed by atoms with Gasteiger partial charge in [0.15, 0.2) is 0 Å². The highest BCUT2D eigenvalue weighted by atomic mass is 16.6. The van der Waals surface area contributed by atoms with Crippen LogP contribution in [0.25, 0.3) is 0 Å². The SMILES string of the molecule is CC(=O)N1CCCC(C(=O)NOCc2ccccc2)C1. The van der Waals surface area contributed by atoms with Crippen molar-refractivity contribution in [2.24, 2.45) is 5.92 Å². The Kier molecular flexibility index (Phi) is 5.12. The van der Waals surface area contributed by atoms with Gasteiger partial charge in [0.05, 0.1) is 12.5 Å². The van der Waals surface area contributed by atoms with Crippen LogP contribution in [-0.4, -0.2) is 29.8 Å². The Balaban J connectivity index is 1.75. The molecule has 1 unspecified atom stereocenters. The van der Waals surface area contributed by atoms with Gasteiger partial charge in [0.2, 0.25) is 11.8 Å². The molecule has 1 heterocycles. The summed E-state index contributed by atoms with van der Waals surface area (Å²) in [4.78, 5) is 30.3. The Morgan fingerprint density at radius 3 is 2.80 bits per heavy atom. The van der Waals surface area contributed by atoms with E-state index in [1.54, 1.807) is 4.90 Å². The minimum Gasteiger partial charge on any atom is -0.342 e. The van der Waals surface area contributed by atoms with Crippen LogP contribution in [0.3, 0.4) is 0 Å². The summed E-state index contributed by atoms with van der Waals surface area (Å²) in [6.45, 7) is 3.10. The largest absolute Gasteiger partial charge is 0.342 e. The highest BCUT2D eigenvalue weighted by Crippen LogP contribution is 2.16. The van der Waals surface area contributed by atoms with Crippen molar-refractivity contribution in [1.29, 1.82) is 0 Å². The van der Waals surface area contributed by atoms with Crippen LogP contribution >= 0.6 is 0 Å². The molecule has 1 aliphatic rings. The second-order valence-electron chi connectivity index (χ2n) is 5.04. The lowest BCUT2D eigenvalue weighted by Crippen LogP contribution is -2.44. The number of nitrogens with zero attached hydrogens (tertiary/aromatic N) is 1. The summed E-state index contributed by atoms with van der Waals surface area (Å²) in [7, 11) is 0. The van der Waals surface area contributed by atoms with Gasteiger partial charge in [-0.1, -0.05) is 30.3 Å². The maximum Gasteiger partial charge on any atom is 0.248 e. The first-order valence-electron chi connectivity index (χ1n) is 6.88. The number of rotatable bonds is 4. The van der Waals surface area contributed by atoms with Crippen LogP contribution in [0, 0.1) is 5.92 Å². The monoisotopic (exact) mass is 276 g/mol. The van der Waals surface area contributed by atoms with Gasteiger partial charge in [0.1, 0.15) is 0 Å². The van der Waals surface area contributed by atoms with E-state index in [2.05, 4.69) is 5.48 Å². The summed E-state index contributed by atoms with van der Waals surface area (Å²) in [5.74, 6) is -0.303. The zero-order valence-electron chi connectivity index (χ0n) is 11.7. The summed E-state index contributed by atoms with van der Waals surface area (Å²) < 4.78 is 0. The van der Waals surface area contributed by atoms with Crippen molar-refractivity contribution in [3.63, 3.8) is 0 Å². The number of piperidine rings is 1. The van der Waals surface area contributed by atoms with Crippen LogP contribution in [0.4, 0.5) is 0 Å². The number of likely N-dealkylation sites (tertiary alicyclic amines) is 1. The molecule has 0 spiro atoms. The Morgan fingerprint density at radius 2 is 2.10 bits per heavy atom. The summed E-state index contributed by atoms with van der Waals surface area (Å²) in [6.07, 6.45) is 1.65. The van der Waals surface area contributed by atoms with E-state index >= 15 is 0 Å². The first-order chi connectivity index (χ1) is 9.66. The molecule has 2 amide bonds. The Morgan fingerprint density at radius 1 is 1.35 bits per heavy atom. The standard InChI is InChI=1S/C15H20N2O3/c1-12(18)17-9-5-8-14(10-17)15(19)16-20-11-13-6-3-2-4-7-13/h2-4,6-7,14H,5,8-11H2,1H3,(H,16,19). The molecule has 0 bridgehead atoms. The molecule has 20 heavy (non-hydrogen) atoms. The second-order valence-corrected chi connectivity index (χ2v) is 5.04. The average Bonchev–Trinajstić information content (AvgIpc) is 2.48. The zero-order valence-corrected chi connectivity index (χ0v) is 11.7. The second kappa shape index (κ2) is 7.05. The first kappa shape index (κ1) is 14.5. The van der Waals surface area contributed by atoms with Crippen molar-refractivity contribution in [2.75, 3.05) is 13.1 Å². The number of carbonyl (C=O) groups is 2. The lowest BCUT2D eigenvalue weighted by Gasteiger charge is -2.31. The van der Waals surface area contributed by atoms with Crippen molar-refractivity contribution in [3.05, 3.63) is 35.9 Å². The van der Waals surface area contributed by atoms with Gasteiger partial charge in [-0.05, 0) is 18.4 Å². The van der Waals surface area contributed by atoms with E-state index in [4.69, 9.17) is 4.84 Å². The van der Waals surface area contributed by atoms with Crippen LogP contribution < -0.4 is 5.48 Å². The van der Waals surface area contributed by atoms with Gasteiger partial charge in [0.25, 0.3) is 0 Å². The Hall–Kier alpha value is -1.88. The third kappa shape index (κ3) is 4.06. The van der Waals surface area contributed by atoms with Crippen LogP contribution in [0.1, 0.15) is 25.3 Å². The van der Waals surface area contributed by atoms with Crippen molar-refractivity contribution >= 4 is 11.8 Å². The lowest BCUT2D eigenvalue weighted by atomic mass is 9.97. The number of hydrogen-bond acceptors (Lipinski definition) is 3. The number of carbonyl (C=O) groups excluding carboxylic acids is 2. The predicted molar refractivity (Wildman–Crippen MR) is 74.4 cm³/mol. The molecular formula is C15H20N2O3. The third-order valence-corrected chi connectivity index (χ3v) is 3.49. The molecule has 0 radical (unpaired) electrons. The van der Waals surface area contributed by atoms with Gasteiger partial charge in [-0.15, -0.1) is 0 Å². The molecule has 5 nitrogen and oxygen atoms in total. The molecule has 1 aliphatic heterocycles. The summed E-state index contributed by atoms with van der Waals surface area (Å²) in [5.41, 5.74) is 3.49. The van der Waals surface area contributed by atoms with Crippen LogP contribution in [0.15, 0.2) is 30.3 Å². The highest BCUT2D eigenvalue weighted by molar-refractivity contribution is 5.79. The van der Waals surface area contributed by atoms with E-state index in [0.29, 0.717) is 13.2 Å². The van der Waals surface area contributed by atoms with Crippen molar-refractivity contribution in [1.82, 2.24) is 10.4 Å². The van der Waals surface area contributed by atoms with Gasteiger partial charge in [-0.25, -0.2) is 5.48 Å². The fraction of sp³-hybridized carbons (Fsp3) is 0.467. The maximum atomic E-state index is 12.0. The molecule has 1 aromatic rings. The molecule has 1 saturated heterocycles. The number of hydrogen-bond donors (Lipinski definition) is 1.